The van der Waals surface area contributed by atoms with Crippen molar-refractivity contribution in [2.45, 2.75) is 6.92 Å². The number of hydrogen-bond donors (Lipinski definition) is 3. The second-order valence-electron chi connectivity index (χ2n) is 5.72. The minimum absolute atomic E-state index is 0.0546. The summed E-state index contributed by atoms with van der Waals surface area (Å²) in [7, 11) is 1.46. The van der Waals surface area contributed by atoms with Crippen molar-refractivity contribution in [3.05, 3.63) is 59.8 Å². The minimum atomic E-state index is -0.460. The number of ether oxygens (including phenoxy) is 2. The van der Waals surface area contributed by atoms with Crippen molar-refractivity contribution >= 4 is 12.1 Å². The first kappa shape index (κ1) is 19.0. The number of methoxy groups -OCH3 is 1. The van der Waals surface area contributed by atoms with E-state index in [9.17, 15) is 9.90 Å². The maximum atomic E-state index is 12.2. The molecule has 0 aliphatic rings. The number of phenols is 1. The Morgan fingerprint density at radius 1 is 1.29 bits per heavy atom. The summed E-state index contributed by atoms with van der Waals surface area (Å²) in [6.07, 6.45) is 1.33. The number of amides is 1. The number of para-hydroxylation sites is 1. The smallest absolute Gasteiger partial charge is 0.289 e. The number of nitrogens with zero attached hydrogens (tertiary/aromatic N) is 2. The third kappa shape index (κ3) is 4.29. The molecular weight excluding hydrogens is 360 g/mol. The summed E-state index contributed by atoms with van der Waals surface area (Å²) in [5, 5.41) is 20.7. The lowest BCUT2D eigenvalue weighted by atomic mass is 10.1. The molecule has 0 atom stereocenters. The maximum Gasteiger partial charge on any atom is 0.289 e. The number of carbonyl (C=O) groups excluding carboxylic acids is 1. The quantitative estimate of drug-likeness (QED) is 0.431. The molecule has 0 aliphatic heterocycles. The first-order valence-electron chi connectivity index (χ1n) is 8.60. The van der Waals surface area contributed by atoms with E-state index >= 15 is 0 Å². The lowest BCUT2D eigenvalue weighted by Crippen LogP contribution is -2.18. The number of carbonyl (C=O) groups is 1. The third-order valence-electron chi connectivity index (χ3n) is 3.88. The van der Waals surface area contributed by atoms with Gasteiger partial charge in [0.15, 0.2) is 11.5 Å². The second kappa shape index (κ2) is 8.72. The van der Waals surface area contributed by atoms with Crippen LogP contribution in [0.5, 0.6) is 17.2 Å². The predicted molar refractivity (Wildman–Crippen MR) is 105 cm³/mol. The number of H-pyrrole nitrogens is 1. The summed E-state index contributed by atoms with van der Waals surface area (Å²) in [6, 6.07) is 14.0. The van der Waals surface area contributed by atoms with Gasteiger partial charge >= 0.3 is 0 Å². The van der Waals surface area contributed by atoms with Gasteiger partial charge in [0.05, 0.1) is 25.6 Å². The van der Waals surface area contributed by atoms with Crippen LogP contribution < -0.4 is 14.9 Å². The highest BCUT2D eigenvalue weighted by Gasteiger charge is 2.11. The number of benzene rings is 2. The van der Waals surface area contributed by atoms with Gasteiger partial charge in [-0.1, -0.05) is 18.2 Å². The third-order valence-corrected chi connectivity index (χ3v) is 3.88. The van der Waals surface area contributed by atoms with E-state index in [2.05, 4.69) is 20.7 Å². The van der Waals surface area contributed by atoms with E-state index in [-0.39, 0.29) is 11.4 Å². The SMILES string of the molecule is CCOc1cccc(-c2cc(C(=O)N/N=C\c3cccc(OC)c3O)[nH]n2)c1. The number of aromatic nitrogens is 2. The van der Waals surface area contributed by atoms with Crippen LogP contribution in [0.2, 0.25) is 0 Å². The van der Waals surface area contributed by atoms with Crippen molar-refractivity contribution in [3.63, 3.8) is 0 Å². The molecule has 1 heterocycles. The van der Waals surface area contributed by atoms with Crippen LogP contribution in [-0.4, -0.2) is 41.1 Å². The molecule has 0 aliphatic carbocycles. The van der Waals surface area contributed by atoms with E-state index in [1.807, 2.05) is 31.2 Å². The summed E-state index contributed by atoms with van der Waals surface area (Å²) < 4.78 is 10.5. The summed E-state index contributed by atoms with van der Waals surface area (Å²) >= 11 is 0. The van der Waals surface area contributed by atoms with E-state index in [1.54, 1.807) is 24.3 Å². The molecule has 0 bridgehead atoms. The van der Waals surface area contributed by atoms with E-state index in [1.165, 1.54) is 13.3 Å². The molecule has 8 heteroatoms. The second-order valence-corrected chi connectivity index (χ2v) is 5.72. The number of rotatable bonds is 7. The molecule has 3 rings (SSSR count). The first-order chi connectivity index (χ1) is 13.6. The fourth-order valence-electron chi connectivity index (χ4n) is 2.53. The number of aromatic hydroxyl groups is 1. The lowest BCUT2D eigenvalue weighted by molar-refractivity contribution is 0.0950. The number of aromatic amines is 1. The molecule has 3 N–H and O–H groups in total. The molecule has 0 unspecified atom stereocenters. The lowest BCUT2D eigenvalue weighted by Gasteiger charge is -2.04. The van der Waals surface area contributed by atoms with E-state index < -0.39 is 5.91 Å². The maximum absolute atomic E-state index is 12.2. The van der Waals surface area contributed by atoms with Gasteiger partial charge in [-0.3, -0.25) is 9.89 Å². The van der Waals surface area contributed by atoms with E-state index in [4.69, 9.17) is 9.47 Å². The number of phenolic OH excluding ortho intramolecular Hbond substituents is 1. The highest BCUT2D eigenvalue weighted by Crippen LogP contribution is 2.28. The van der Waals surface area contributed by atoms with Crippen LogP contribution in [0.4, 0.5) is 0 Å². The van der Waals surface area contributed by atoms with Gasteiger partial charge in [0.2, 0.25) is 0 Å². The van der Waals surface area contributed by atoms with Gasteiger partial charge in [-0.15, -0.1) is 0 Å². The highest BCUT2D eigenvalue weighted by atomic mass is 16.5. The zero-order valence-corrected chi connectivity index (χ0v) is 15.5. The number of hydrazone groups is 1. The molecule has 144 valence electrons. The minimum Gasteiger partial charge on any atom is -0.504 e. The molecule has 2 aromatic carbocycles. The average molecular weight is 380 g/mol. The largest absolute Gasteiger partial charge is 0.504 e. The van der Waals surface area contributed by atoms with Crippen LogP contribution in [0.25, 0.3) is 11.3 Å². The van der Waals surface area contributed by atoms with Crippen LogP contribution in [0, 0.1) is 0 Å². The van der Waals surface area contributed by atoms with Crippen LogP contribution in [-0.2, 0) is 0 Å². The van der Waals surface area contributed by atoms with Crippen molar-refractivity contribution in [3.8, 4) is 28.5 Å². The zero-order valence-electron chi connectivity index (χ0n) is 15.5. The molecule has 0 radical (unpaired) electrons. The Morgan fingerprint density at radius 3 is 2.89 bits per heavy atom. The van der Waals surface area contributed by atoms with Gasteiger partial charge in [0.1, 0.15) is 11.4 Å². The Labute approximate surface area is 161 Å². The summed E-state index contributed by atoms with van der Waals surface area (Å²) in [5.74, 6) is 0.541. The molecule has 0 spiro atoms. The fourth-order valence-corrected chi connectivity index (χ4v) is 2.53. The average Bonchev–Trinajstić information content (AvgIpc) is 3.20. The summed E-state index contributed by atoms with van der Waals surface area (Å²) in [6.45, 7) is 2.48. The van der Waals surface area contributed by atoms with E-state index in [0.29, 0.717) is 23.6 Å². The Balaban J connectivity index is 1.69. The number of hydrogen-bond acceptors (Lipinski definition) is 6. The molecule has 0 saturated heterocycles. The topological polar surface area (TPSA) is 109 Å². The van der Waals surface area contributed by atoms with Crippen molar-refractivity contribution in [2.75, 3.05) is 13.7 Å². The molecule has 0 saturated carbocycles. The summed E-state index contributed by atoms with van der Waals surface area (Å²) in [4.78, 5) is 12.2. The highest BCUT2D eigenvalue weighted by molar-refractivity contribution is 5.94. The van der Waals surface area contributed by atoms with E-state index in [0.717, 1.165) is 11.3 Å². The van der Waals surface area contributed by atoms with Gasteiger partial charge < -0.3 is 14.6 Å². The van der Waals surface area contributed by atoms with Crippen LogP contribution in [0.1, 0.15) is 23.0 Å². The Kier molecular flexibility index (Phi) is 5.91. The molecule has 1 aromatic heterocycles. The molecular formula is C20H20N4O4. The van der Waals surface area contributed by atoms with Gasteiger partial charge in [0, 0.05) is 11.1 Å². The molecule has 0 fully saturated rings. The Morgan fingerprint density at radius 2 is 2.11 bits per heavy atom. The summed E-state index contributed by atoms with van der Waals surface area (Å²) in [5.41, 5.74) is 4.50. The van der Waals surface area contributed by atoms with Gasteiger partial charge in [-0.2, -0.15) is 10.2 Å². The van der Waals surface area contributed by atoms with Gasteiger partial charge in [-0.05, 0) is 37.3 Å². The van der Waals surface area contributed by atoms with Gasteiger partial charge in [-0.25, -0.2) is 5.43 Å². The Hall–Kier alpha value is -3.81. The van der Waals surface area contributed by atoms with Crippen LogP contribution >= 0.6 is 0 Å². The van der Waals surface area contributed by atoms with Crippen molar-refractivity contribution < 1.29 is 19.4 Å². The molecule has 28 heavy (non-hydrogen) atoms. The normalized spacial score (nSPS) is 10.8. The van der Waals surface area contributed by atoms with Crippen LogP contribution in [0.15, 0.2) is 53.6 Å². The fraction of sp³-hybridized carbons (Fsp3) is 0.150. The Bertz CT molecular complexity index is 997. The van der Waals surface area contributed by atoms with Crippen molar-refractivity contribution in [1.29, 1.82) is 0 Å². The predicted octanol–water partition coefficient (Wildman–Crippen LogP) is 2.95. The molecule has 3 aromatic rings. The van der Waals surface area contributed by atoms with Crippen molar-refractivity contribution in [1.82, 2.24) is 15.6 Å². The zero-order chi connectivity index (χ0) is 19.9. The molecule has 1 amide bonds. The van der Waals surface area contributed by atoms with Crippen molar-refractivity contribution in [2.24, 2.45) is 5.10 Å². The van der Waals surface area contributed by atoms with Gasteiger partial charge in [0.25, 0.3) is 5.91 Å². The monoisotopic (exact) mass is 380 g/mol. The van der Waals surface area contributed by atoms with Crippen LogP contribution in [0.3, 0.4) is 0 Å². The number of nitrogens with one attached hydrogen (secondary N) is 2. The first-order valence-corrected chi connectivity index (χ1v) is 8.60. The standard InChI is InChI=1S/C20H20N4O4/c1-3-28-15-8-4-6-13(10-15)16-11-17(23-22-16)20(26)24-21-12-14-7-5-9-18(27-2)19(14)25/h4-12,25H,3H2,1-2H3,(H,22,23)(H,24,26)/b21-12-. The molecule has 8 nitrogen and oxygen atoms in total.